The van der Waals surface area contributed by atoms with Gasteiger partial charge >= 0.3 is 27.9 Å². The van der Waals surface area contributed by atoms with Gasteiger partial charge in [-0.15, -0.1) is 0 Å². The Hall–Kier alpha value is -2.91. The number of aliphatic hydroxyl groups excluding tert-OH is 3. The SMILES string of the molecule is CO[C@@H]1C(O)[C@H](n2cnc3c(=O)[nH]c(C)nc32)O[C@@H]1COP(=O)(O)OP(=O)(O)OP(O)(=S)OC[C@H]1O[C@@H](n2c[n+](C)c3c(=O)[nH]c(N)nc32)C(O)[C@H]1O. The van der Waals surface area contributed by atoms with Crippen molar-refractivity contribution in [2.24, 2.45) is 7.05 Å². The summed E-state index contributed by atoms with van der Waals surface area (Å²) in [6, 6.07) is 0. The Kier molecular flexibility index (Phi) is 11.0. The summed E-state index contributed by atoms with van der Waals surface area (Å²) in [6.07, 6.45) is -8.94. The highest BCUT2D eigenvalue weighted by molar-refractivity contribution is 8.08. The normalized spacial score (nSPS) is 29.8. The maximum atomic E-state index is 12.7. The number of phosphoric ester groups is 1. The number of nitrogens with zero attached hydrogens (tertiary/aromatic N) is 6. The van der Waals surface area contributed by atoms with E-state index in [1.807, 2.05) is 0 Å². The zero-order chi connectivity index (χ0) is 38.8. The van der Waals surface area contributed by atoms with Crippen LogP contribution in [0, 0.1) is 6.92 Å². The second-order valence-corrected chi connectivity index (χ2v) is 17.7. The fourth-order valence-electron chi connectivity index (χ4n) is 5.81. The molecule has 6 heterocycles. The van der Waals surface area contributed by atoms with Crippen molar-refractivity contribution >= 4 is 62.4 Å². The van der Waals surface area contributed by atoms with E-state index < -0.39 is 95.8 Å². The monoisotopic (exact) mass is 832 g/mol. The third-order valence-electron chi connectivity index (χ3n) is 8.02. The minimum Gasteiger partial charge on any atom is -0.387 e. The Morgan fingerprint density at radius 3 is 2.28 bits per heavy atom. The number of aryl methyl sites for hydroxylation is 2. The fraction of sp³-hybridized carbons (Fsp3) is 0.565. The van der Waals surface area contributed by atoms with Crippen LogP contribution in [0.4, 0.5) is 5.95 Å². The van der Waals surface area contributed by atoms with Gasteiger partial charge in [0, 0.05) is 7.11 Å². The molecule has 0 saturated carbocycles. The fourth-order valence-corrected chi connectivity index (χ4v) is 10.3. The van der Waals surface area contributed by atoms with E-state index >= 15 is 0 Å². The molecule has 0 radical (unpaired) electrons. The summed E-state index contributed by atoms with van der Waals surface area (Å²) >= 11 is 4.73. The highest BCUT2D eigenvalue weighted by Crippen LogP contribution is 2.68. The van der Waals surface area contributed by atoms with Crippen molar-refractivity contribution in [3.8, 4) is 0 Å². The van der Waals surface area contributed by atoms with Gasteiger partial charge in [0.05, 0.1) is 26.6 Å². The van der Waals surface area contributed by atoms with Crippen LogP contribution in [-0.2, 0) is 59.9 Å². The molecule has 26 nitrogen and oxygen atoms in total. The predicted molar refractivity (Wildman–Crippen MR) is 176 cm³/mol. The molecule has 10 N–H and O–H groups in total. The van der Waals surface area contributed by atoms with Gasteiger partial charge in [0.25, 0.3) is 16.7 Å². The number of hydrogen-bond donors (Lipinski definition) is 9. The molecule has 30 heteroatoms. The van der Waals surface area contributed by atoms with Crippen LogP contribution in [0.15, 0.2) is 22.2 Å². The number of nitrogens with two attached hydrogens (primary N) is 1. The van der Waals surface area contributed by atoms with Crippen molar-refractivity contribution in [3.05, 3.63) is 39.2 Å². The lowest BCUT2D eigenvalue weighted by atomic mass is 10.1. The molecule has 5 unspecified atom stereocenters. The van der Waals surface area contributed by atoms with E-state index in [1.54, 1.807) is 0 Å². The molecule has 292 valence electrons. The molecule has 4 aromatic heterocycles. The zero-order valence-electron chi connectivity index (χ0n) is 27.4. The number of aromatic nitrogens is 8. The third-order valence-corrected chi connectivity index (χ3v) is 13.2. The number of H-pyrrole nitrogens is 2. The van der Waals surface area contributed by atoms with Crippen molar-refractivity contribution < 1.29 is 75.6 Å². The highest BCUT2D eigenvalue weighted by Gasteiger charge is 2.50. The van der Waals surface area contributed by atoms with Crippen LogP contribution < -0.4 is 21.4 Å². The first-order valence-corrected chi connectivity index (χ1v) is 20.6. The number of anilines is 1. The van der Waals surface area contributed by atoms with Crippen molar-refractivity contribution in [2.75, 3.05) is 26.1 Å². The molecule has 2 aliphatic heterocycles. The van der Waals surface area contributed by atoms with Gasteiger partial charge in [-0.2, -0.15) is 13.9 Å². The van der Waals surface area contributed by atoms with Gasteiger partial charge in [-0.05, 0) is 18.7 Å². The predicted octanol–water partition coefficient (Wildman–Crippen LogP) is -3.05. The molecule has 0 spiro atoms. The molecular weight excluding hydrogens is 799 g/mol. The summed E-state index contributed by atoms with van der Waals surface area (Å²) in [6.45, 7) is -5.05. The summed E-state index contributed by atoms with van der Waals surface area (Å²) in [5.41, 5.74) is 4.53. The molecule has 0 aromatic carbocycles. The highest BCUT2D eigenvalue weighted by atomic mass is 32.5. The summed E-state index contributed by atoms with van der Waals surface area (Å²) in [4.78, 5) is 72.4. The Bertz CT molecular complexity index is 2300. The molecule has 2 fully saturated rings. The average Bonchev–Trinajstić information content (AvgIpc) is 3.76. The van der Waals surface area contributed by atoms with Crippen molar-refractivity contribution in [2.45, 2.75) is 56.0 Å². The molecule has 11 atom stereocenters. The quantitative estimate of drug-likeness (QED) is 0.0477. The summed E-state index contributed by atoms with van der Waals surface area (Å²) in [5.74, 6) is -0.00286. The van der Waals surface area contributed by atoms with Crippen molar-refractivity contribution in [3.63, 3.8) is 0 Å². The number of aliphatic hydroxyl groups is 3. The number of imidazole rings is 2. The Morgan fingerprint density at radius 2 is 1.58 bits per heavy atom. The largest absolute Gasteiger partial charge is 0.488 e. The average molecular weight is 833 g/mol. The number of rotatable bonds is 13. The van der Waals surface area contributed by atoms with Gasteiger partial charge in [-0.3, -0.25) is 23.7 Å². The van der Waals surface area contributed by atoms with E-state index in [2.05, 4.69) is 33.5 Å². The summed E-state index contributed by atoms with van der Waals surface area (Å²) in [7, 11) is -8.60. The topological polar surface area (TPSA) is 364 Å². The van der Waals surface area contributed by atoms with Gasteiger partial charge in [-0.25, -0.2) is 28.0 Å². The third kappa shape index (κ3) is 8.08. The lowest BCUT2D eigenvalue weighted by Gasteiger charge is -2.23. The van der Waals surface area contributed by atoms with E-state index in [0.29, 0.717) is 0 Å². The van der Waals surface area contributed by atoms with E-state index in [0.717, 1.165) is 0 Å². The first-order valence-electron chi connectivity index (χ1n) is 15.0. The number of hydrogen-bond acceptors (Lipinski definition) is 19. The van der Waals surface area contributed by atoms with Crippen LogP contribution in [0.2, 0.25) is 0 Å². The van der Waals surface area contributed by atoms with Gasteiger partial charge < -0.3 is 59.5 Å². The first-order chi connectivity index (χ1) is 24.7. The lowest BCUT2D eigenvalue weighted by molar-refractivity contribution is -0.646. The Balaban J connectivity index is 1.06. The number of nitrogen functional groups attached to an aromatic ring is 1. The molecule has 2 saturated heterocycles. The zero-order valence-corrected chi connectivity index (χ0v) is 30.9. The molecule has 0 aliphatic carbocycles. The molecule has 0 amide bonds. The number of nitrogens with one attached hydrogen (secondary N) is 2. The molecule has 53 heavy (non-hydrogen) atoms. The van der Waals surface area contributed by atoms with Gasteiger partial charge in [0.1, 0.15) is 42.4 Å². The molecular formula is C23H33N9O17P3S+. The van der Waals surface area contributed by atoms with Crippen LogP contribution in [0.5, 0.6) is 0 Å². The summed E-state index contributed by atoms with van der Waals surface area (Å²) in [5, 5.41) is 32.2. The second-order valence-electron chi connectivity index (χ2n) is 11.7. The minimum atomic E-state index is -5.76. The molecule has 4 aromatic rings. The van der Waals surface area contributed by atoms with Gasteiger partial charge in [-0.1, -0.05) is 0 Å². The van der Waals surface area contributed by atoms with Crippen LogP contribution in [0.1, 0.15) is 18.3 Å². The van der Waals surface area contributed by atoms with E-state index in [1.165, 1.54) is 47.4 Å². The van der Waals surface area contributed by atoms with E-state index in [4.69, 9.17) is 40.8 Å². The number of methoxy groups -OCH3 is 1. The van der Waals surface area contributed by atoms with Crippen LogP contribution in [0.25, 0.3) is 22.3 Å². The molecule has 2 aliphatic rings. The molecule has 6 rings (SSSR count). The van der Waals surface area contributed by atoms with Crippen LogP contribution in [0.3, 0.4) is 0 Å². The van der Waals surface area contributed by atoms with Crippen molar-refractivity contribution in [1.29, 1.82) is 0 Å². The maximum Gasteiger partial charge on any atom is 0.488 e. The Morgan fingerprint density at radius 1 is 0.925 bits per heavy atom. The van der Waals surface area contributed by atoms with Crippen molar-refractivity contribution in [1.82, 2.24) is 34.1 Å². The first kappa shape index (κ1) is 39.8. The number of aromatic amines is 2. The number of phosphoric acid groups is 2. The smallest absolute Gasteiger partial charge is 0.387 e. The Labute approximate surface area is 300 Å². The molecule has 0 bridgehead atoms. The minimum absolute atomic E-state index is 0.0126. The lowest BCUT2D eigenvalue weighted by Crippen LogP contribution is -2.35. The standard InChI is InChI=1S/C23H32N9O17P3S/c1-8-26-17-11(19(36)27-8)25-6-31(17)22-15(35)16(43-3)10(47-22)5-44-50(38,39)48-51(40,41)49-52(42,53)45-4-9-13(33)14(34)21(46-9)32-7-30(2)12-18(32)28-23(24)29-20(12)37/h6-7,9-10,13-16,21-22,33-35H,4-5H2,1-3H3,(H6-,24,26,27,28,29,36,37,38,39,40,41,42,53)/p+1/t9-,10-,13+,14?,15?,16+,21-,22-,52?/m1/s1. The van der Waals surface area contributed by atoms with Crippen LogP contribution >= 0.6 is 22.4 Å². The van der Waals surface area contributed by atoms with Gasteiger partial charge in [0.2, 0.25) is 18.5 Å². The number of ether oxygens (including phenoxy) is 3. The second kappa shape index (κ2) is 14.6. The maximum absolute atomic E-state index is 12.7. The summed E-state index contributed by atoms with van der Waals surface area (Å²) < 4.78 is 64.3. The van der Waals surface area contributed by atoms with E-state index in [-0.39, 0.29) is 34.1 Å². The van der Waals surface area contributed by atoms with Gasteiger partial charge in [0.15, 0.2) is 17.4 Å². The number of fused-ring (bicyclic) bond motifs is 2. The van der Waals surface area contributed by atoms with E-state index in [9.17, 15) is 48.7 Å². The van der Waals surface area contributed by atoms with Crippen LogP contribution in [-0.4, -0.2) is 121 Å².